The fraction of sp³-hybridized carbons (Fsp3) is 0.263. The van der Waals surface area contributed by atoms with Gasteiger partial charge in [-0.2, -0.15) is 0 Å². The van der Waals surface area contributed by atoms with Crippen molar-refractivity contribution in [2.45, 2.75) is 12.5 Å². The predicted molar refractivity (Wildman–Crippen MR) is 93.6 cm³/mol. The smallest absolute Gasteiger partial charge is 0.115 e. The van der Waals surface area contributed by atoms with Crippen LogP contribution in [0.4, 0.5) is 0 Å². The first-order valence-electron chi connectivity index (χ1n) is 7.76. The molecule has 0 bridgehead atoms. The average molecular weight is 330 g/mol. The topological polar surface area (TPSA) is 43.7 Å². The minimum atomic E-state index is -0.504. The quantitative estimate of drug-likeness (QED) is 0.895. The number of rotatable bonds is 4. The Morgan fingerprint density at radius 1 is 1.04 bits per heavy atom. The Labute approximate surface area is 141 Å². The summed E-state index contributed by atoms with van der Waals surface area (Å²) in [6.45, 7) is 2.35. The number of halogens is 1. The maximum absolute atomic E-state index is 10.3. The molecule has 0 amide bonds. The molecule has 1 atom stereocenters. The fourth-order valence-electron chi connectivity index (χ4n) is 2.85. The molecule has 1 aliphatic rings. The largest absolute Gasteiger partial charge is 0.508 e. The van der Waals surface area contributed by atoms with E-state index in [9.17, 15) is 10.2 Å². The molecule has 0 aromatic heterocycles. The monoisotopic (exact) mass is 329 g/mol. The lowest BCUT2D eigenvalue weighted by molar-refractivity contribution is 0.119. The second kappa shape index (κ2) is 7.18. The van der Waals surface area contributed by atoms with E-state index in [1.807, 2.05) is 24.3 Å². The van der Waals surface area contributed by atoms with Crippen LogP contribution < -0.4 is 0 Å². The Morgan fingerprint density at radius 3 is 2.35 bits per heavy atom. The van der Waals surface area contributed by atoms with Gasteiger partial charge in [0.1, 0.15) is 5.75 Å². The molecule has 2 aromatic carbocycles. The number of aliphatic hydroxyl groups excluding tert-OH is 1. The Balaban J connectivity index is 1.60. The zero-order chi connectivity index (χ0) is 16.2. The summed E-state index contributed by atoms with van der Waals surface area (Å²) in [6, 6.07) is 14.7. The van der Waals surface area contributed by atoms with E-state index in [2.05, 4.69) is 11.0 Å². The summed E-state index contributed by atoms with van der Waals surface area (Å²) in [5, 5.41) is 20.4. The molecule has 1 unspecified atom stereocenters. The number of phenolic OH excluding ortho intramolecular Hbond substituents is 1. The molecule has 120 valence electrons. The molecule has 0 spiro atoms. The average Bonchev–Trinajstić information content (AvgIpc) is 2.57. The third-order valence-corrected chi connectivity index (χ3v) is 4.47. The molecule has 1 heterocycles. The van der Waals surface area contributed by atoms with Crippen molar-refractivity contribution in [1.29, 1.82) is 0 Å². The van der Waals surface area contributed by atoms with E-state index < -0.39 is 6.10 Å². The molecule has 0 aliphatic carbocycles. The first kappa shape index (κ1) is 16.1. The minimum absolute atomic E-state index is 0.290. The maximum atomic E-state index is 10.3. The summed E-state index contributed by atoms with van der Waals surface area (Å²) in [5.74, 6) is 0.290. The van der Waals surface area contributed by atoms with Crippen LogP contribution in [0.15, 0.2) is 54.6 Å². The second-order valence-corrected chi connectivity index (χ2v) is 6.29. The van der Waals surface area contributed by atoms with E-state index in [4.69, 9.17) is 11.6 Å². The fourth-order valence-corrected chi connectivity index (χ4v) is 2.98. The Kier molecular flexibility index (Phi) is 5.01. The van der Waals surface area contributed by atoms with Gasteiger partial charge in [0.25, 0.3) is 0 Å². The summed E-state index contributed by atoms with van der Waals surface area (Å²) >= 11 is 5.88. The molecular formula is C19H20ClNO2. The van der Waals surface area contributed by atoms with Gasteiger partial charge in [0.15, 0.2) is 0 Å². The van der Waals surface area contributed by atoms with Gasteiger partial charge in [-0.3, -0.25) is 4.90 Å². The summed E-state index contributed by atoms with van der Waals surface area (Å²) in [6.07, 6.45) is 2.64. The van der Waals surface area contributed by atoms with Gasteiger partial charge >= 0.3 is 0 Å². The van der Waals surface area contributed by atoms with Gasteiger partial charge in [-0.15, -0.1) is 0 Å². The third-order valence-electron chi connectivity index (χ3n) is 4.22. The number of hydrogen-bond donors (Lipinski definition) is 2. The molecule has 0 saturated carbocycles. The molecule has 0 radical (unpaired) electrons. The number of β-amino-alcohol motifs (C(OH)–C–C–N with tert-alkyl or cyclic N) is 1. The highest BCUT2D eigenvalue weighted by Gasteiger charge is 2.17. The van der Waals surface area contributed by atoms with Crippen molar-refractivity contribution in [3.8, 4) is 5.75 Å². The van der Waals surface area contributed by atoms with Crippen LogP contribution in [0.3, 0.4) is 0 Å². The van der Waals surface area contributed by atoms with Crippen LogP contribution in [0, 0.1) is 0 Å². The third kappa shape index (κ3) is 4.14. The van der Waals surface area contributed by atoms with E-state index in [1.165, 1.54) is 5.57 Å². The lowest BCUT2D eigenvalue weighted by atomic mass is 9.99. The van der Waals surface area contributed by atoms with Crippen LogP contribution in [0.1, 0.15) is 23.7 Å². The standard InChI is InChI=1S/C19H20ClNO2/c20-17-5-1-16(2-6-17)19(23)13-21-11-9-15(10-12-21)14-3-7-18(22)8-4-14/h1-9,19,22-23H,10-13H2. The lowest BCUT2D eigenvalue weighted by Gasteiger charge is -2.28. The molecule has 2 N–H and O–H groups in total. The number of hydrogen-bond acceptors (Lipinski definition) is 3. The van der Waals surface area contributed by atoms with Crippen molar-refractivity contribution < 1.29 is 10.2 Å². The second-order valence-electron chi connectivity index (χ2n) is 5.85. The zero-order valence-electron chi connectivity index (χ0n) is 12.8. The molecule has 2 aromatic rings. The van der Waals surface area contributed by atoms with Crippen molar-refractivity contribution >= 4 is 17.2 Å². The number of aliphatic hydroxyl groups is 1. The summed E-state index contributed by atoms with van der Waals surface area (Å²) in [4.78, 5) is 2.24. The van der Waals surface area contributed by atoms with Crippen molar-refractivity contribution in [3.05, 3.63) is 70.8 Å². The highest BCUT2D eigenvalue weighted by Crippen LogP contribution is 2.25. The number of benzene rings is 2. The van der Waals surface area contributed by atoms with Gasteiger partial charge in [-0.05, 0) is 47.4 Å². The van der Waals surface area contributed by atoms with Crippen molar-refractivity contribution in [3.63, 3.8) is 0 Å². The van der Waals surface area contributed by atoms with Crippen LogP contribution in [0.25, 0.3) is 5.57 Å². The van der Waals surface area contributed by atoms with E-state index in [0.717, 1.165) is 30.6 Å². The number of aromatic hydroxyl groups is 1. The SMILES string of the molecule is Oc1ccc(C2=CCN(CC(O)c3ccc(Cl)cc3)CC2)cc1. The molecule has 0 fully saturated rings. The Bertz CT molecular complexity index is 680. The van der Waals surface area contributed by atoms with Crippen LogP contribution in [0.2, 0.25) is 5.02 Å². The van der Waals surface area contributed by atoms with Crippen molar-refractivity contribution in [2.24, 2.45) is 0 Å². The van der Waals surface area contributed by atoms with Crippen molar-refractivity contribution in [2.75, 3.05) is 19.6 Å². The van der Waals surface area contributed by atoms with Crippen molar-refractivity contribution in [1.82, 2.24) is 4.90 Å². The molecule has 3 rings (SSSR count). The van der Waals surface area contributed by atoms with Gasteiger partial charge < -0.3 is 10.2 Å². The number of nitrogens with zero attached hydrogens (tertiary/aromatic N) is 1. The molecule has 0 saturated heterocycles. The predicted octanol–water partition coefficient (Wildman–Crippen LogP) is 3.87. The molecule has 3 nitrogen and oxygen atoms in total. The van der Waals surface area contributed by atoms with Crippen LogP contribution in [-0.4, -0.2) is 34.7 Å². The Morgan fingerprint density at radius 2 is 1.74 bits per heavy atom. The normalized spacial score (nSPS) is 16.9. The van der Waals surface area contributed by atoms with Crippen LogP contribution in [0.5, 0.6) is 5.75 Å². The van der Waals surface area contributed by atoms with Crippen LogP contribution >= 0.6 is 11.6 Å². The number of phenols is 1. The Hall–Kier alpha value is -1.81. The van der Waals surface area contributed by atoms with Gasteiger partial charge in [0.2, 0.25) is 0 Å². The maximum Gasteiger partial charge on any atom is 0.115 e. The van der Waals surface area contributed by atoms with E-state index >= 15 is 0 Å². The highest BCUT2D eigenvalue weighted by molar-refractivity contribution is 6.30. The van der Waals surface area contributed by atoms with E-state index in [1.54, 1.807) is 24.3 Å². The van der Waals surface area contributed by atoms with E-state index in [-0.39, 0.29) is 5.75 Å². The van der Waals surface area contributed by atoms with Gasteiger partial charge in [0, 0.05) is 24.7 Å². The minimum Gasteiger partial charge on any atom is -0.508 e. The van der Waals surface area contributed by atoms with Crippen LogP contribution in [-0.2, 0) is 0 Å². The molecule has 23 heavy (non-hydrogen) atoms. The van der Waals surface area contributed by atoms with Gasteiger partial charge in [-0.25, -0.2) is 0 Å². The molecule has 1 aliphatic heterocycles. The molecular weight excluding hydrogens is 310 g/mol. The van der Waals surface area contributed by atoms with Gasteiger partial charge in [0.05, 0.1) is 6.10 Å². The first-order valence-corrected chi connectivity index (χ1v) is 8.14. The zero-order valence-corrected chi connectivity index (χ0v) is 13.6. The summed E-state index contributed by atoms with van der Waals surface area (Å²) in [5.41, 5.74) is 3.34. The van der Waals surface area contributed by atoms with Gasteiger partial charge in [-0.1, -0.05) is 41.9 Å². The summed E-state index contributed by atoms with van der Waals surface area (Å²) in [7, 11) is 0. The van der Waals surface area contributed by atoms with E-state index in [0.29, 0.717) is 11.6 Å². The molecule has 4 heteroatoms. The lowest BCUT2D eigenvalue weighted by Crippen LogP contribution is -2.32. The highest BCUT2D eigenvalue weighted by atomic mass is 35.5. The first-order chi connectivity index (χ1) is 11.1. The summed E-state index contributed by atoms with van der Waals surface area (Å²) < 4.78 is 0.